The molecule has 78 heavy (non-hydrogen) atoms. The number of allylic oxidation sites excluding steroid dienone is 2. The van der Waals surface area contributed by atoms with Gasteiger partial charge in [0, 0.05) is 11.1 Å². The van der Waals surface area contributed by atoms with Crippen LogP contribution in [-0.4, -0.2) is 99.9 Å². The van der Waals surface area contributed by atoms with Gasteiger partial charge in [-0.2, -0.15) is 43.9 Å². The molecule has 0 unspecified atom stereocenters. The van der Waals surface area contributed by atoms with Gasteiger partial charge in [-0.15, -0.1) is 0 Å². The molecule has 0 aliphatic heterocycles. The zero-order valence-corrected chi connectivity index (χ0v) is 43.4. The third-order valence-electron chi connectivity index (χ3n) is 11.4. The number of hydrogen-bond acceptors (Lipinski definition) is 18. The van der Waals surface area contributed by atoms with Crippen LogP contribution < -0.4 is 31.0 Å². The Balaban J connectivity index is 1.12. The first-order chi connectivity index (χ1) is 36.8. The van der Waals surface area contributed by atoms with Gasteiger partial charge < -0.3 is 20.1 Å². The van der Waals surface area contributed by atoms with Gasteiger partial charge in [0.2, 0.25) is 11.6 Å². The summed E-state index contributed by atoms with van der Waals surface area (Å²) in [7, 11) is -20.6. The zero-order valence-electron chi connectivity index (χ0n) is 40.1. The number of carbonyl (C=O) groups excluding carboxylic acids is 4. The lowest BCUT2D eigenvalue weighted by atomic mass is 9.92. The first kappa shape index (κ1) is 55.5. The molecule has 28 heteroatoms. The van der Waals surface area contributed by atoms with Crippen LogP contribution in [0.3, 0.4) is 0 Å². The molecule has 0 bridgehead atoms. The number of hydrazone groups is 2. The lowest BCUT2D eigenvalue weighted by molar-refractivity contribution is 0.101. The van der Waals surface area contributed by atoms with Crippen molar-refractivity contribution in [1.82, 2.24) is 0 Å². The Hall–Kier alpha value is -8.74. The minimum absolute atomic E-state index is 0.0401. The fourth-order valence-corrected chi connectivity index (χ4v) is 10.3. The smallest absolute Gasteiger partial charge is 0.296 e. The zero-order chi connectivity index (χ0) is 56.5. The van der Waals surface area contributed by atoms with Gasteiger partial charge in [-0.3, -0.25) is 48.2 Å². The highest BCUT2D eigenvalue weighted by Gasteiger charge is 2.38. The average molecular weight is 1140 g/mol. The van der Waals surface area contributed by atoms with Crippen molar-refractivity contribution in [3.63, 3.8) is 0 Å². The van der Waals surface area contributed by atoms with Crippen LogP contribution in [0.25, 0.3) is 23.3 Å². The van der Waals surface area contributed by atoms with Gasteiger partial charge in [0.15, 0.2) is 11.4 Å². The van der Waals surface area contributed by atoms with Crippen molar-refractivity contribution < 1.29 is 80.5 Å². The molecule has 0 radical (unpaired) electrons. The molecular weight excluding hydrogens is 1100 g/mol. The first-order valence-electron chi connectivity index (χ1n) is 22.5. The molecule has 2 aliphatic rings. The standard InChI is InChI=1S/C50H40N6O18S4/c1-3-73-39-21-29(15-17-35(39)53-55-45-41(77(67,68)69)23-31-19-33(75(61,62)63)25-37(43(31)47(45)57)51-49(59)27-11-7-5-8-12-27)30-16-18-36(40(22-30)74-4-2)54-56-46-42(78(70,71)72)24-32-20-34(76(64,65)66)26-38(44(32)48(46)58)52-50(60)28-13-9-6-10-14-28/h5-26,53-54H,3-4H2,1-2H3,(H,51,59)(H,52,60)(H,61,62,63)(H,64,65,66)(H,67,68,69)(H,70,71,72). The minimum atomic E-state index is -5.30. The van der Waals surface area contributed by atoms with Gasteiger partial charge in [0.05, 0.1) is 56.9 Å². The second-order valence-corrected chi connectivity index (χ2v) is 22.1. The summed E-state index contributed by atoms with van der Waals surface area (Å²) in [5.41, 5.74) is 1.83. The molecule has 0 heterocycles. The highest BCUT2D eigenvalue weighted by molar-refractivity contribution is 7.91. The Morgan fingerprint density at radius 2 is 0.833 bits per heavy atom. The Labute approximate surface area is 444 Å². The van der Waals surface area contributed by atoms with Crippen molar-refractivity contribution >= 4 is 110 Å². The highest BCUT2D eigenvalue weighted by Crippen LogP contribution is 2.39. The third kappa shape index (κ3) is 11.9. The van der Waals surface area contributed by atoms with E-state index in [0.29, 0.717) is 11.1 Å². The maximum absolute atomic E-state index is 14.2. The monoisotopic (exact) mass is 1140 g/mol. The second-order valence-electron chi connectivity index (χ2n) is 16.5. The number of ether oxygens (including phenoxy) is 2. The average Bonchev–Trinajstić information content (AvgIpc) is 3.55. The number of rotatable bonds is 17. The van der Waals surface area contributed by atoms with Crippen molar-refractivity contribution in [3.05, 3.63) is 165 Å². The summed E-state index contributed by atoms with van der Waals surface area (Å²) in [6, 6.07) is 27.1. The number of Topliss-reactive ketones (excluding diaryl/α,β-unsaturated/α-hetero) is 2. The van der Waals surface area contributed by atoms with Gasteiger partial charge in [-0.1, -0.05) is 48.5 Å². The molecule has 8 N–H and O–H groups in total. The van der Waals surface area contributed by atoms with E-state index in [1.54, 1.807) is 26.0 Å². The van der Waals surface area contributed by atoms with Gasteiger partial charge >= 0.3 is 0 Å². The molecule has 2 aliphatic carbocycles. The van der Waals surface area contributed by atoms with Crippen LogP contribution in [0.5, 0.6) is 11.5 Å². The number of amides is 2. The predicted octanol–water partition coefficient (Wildman–Crippen LogP) is 6.94. The Kier molecular flexibility index (Phi) is 15.4. The summed E-state index contributed by atoms with van der Waals surface area (Å²) in [4.78, 5) is 51.2. The molecule has 0 aromatic heterocycles. The van der Waals surface area contributed by atoms with Crippen LogP contribution in [0.15, 0.2) is 151 Å². The summed E-state index contributed by atoms with van der Waals surface area (Å²) < 4.78 is 152. The Morgan fingerprint density at radius 3 is 1.15 bits per heavy atom. The number of anilines is 4. The second kappa shape index (κ2) is 21.7. The third-order valence-corrected chi connectivity index (χ3v) is 14.8. The number of fused-ring (bicyclic) bond motifs is 2. The summed E-state index contributed by atoms with van der Waals surface area (Å²) in [5.74, 6) is -3.89. The summed E-state index contributed by atoms with van der Waals surface area (Å²) >= 11 is 0. The van der Waals surface area contributed by atoms with Crippen LogP contribution in [0.4, 0.5) is 22.7 Å². The minimum Gasteiger partial charge on any atom is -0.492 e. The van der Waals surface area contributed by atoms with Crippen molar-refractivity contribution in [3.8, 4) is 22.6 Å². The van der Waals surface area contributed by atoms with E-state index >= 15 is 0 Å². The molecule has 6 aromatic carbocycles. The van der Waals surface area contributed by atoms with E-state index in [1.165, 1.54) is 84.9 Å². The van der Waals surface area contributed by atoms with E-state index < -0.39 is 129 Å². The van der Waals surface area contributed by atoms with E-state index in [9.17, 15) is 71.1 Å². The van der Waals surface area contributed by atoms with Gasteiger partial charge in [0.1, 0.15) is 21.3 Å². The van der Waals surface area contributed by atoms with Crippen LogP contribution in [0.1, 0.15) is 66.4 Å². The van der Waals surface area contributed by atoms with Crippen LogP contribution in [0, 0.1) is 0 Å². The molecular formula is C50H40N6O18S4. The molecule has 0 spiro atoms. The molecule has 0 fully saturated rings. The summed E-state index contributed by atoms with van der Waals surface area (Å²) in [5, 5.41) is 12.9. The van der Waals surface area contributed by atoms with E-state index in [0.717, 1.165) is 36.4 Å². The van der Waals surface area contributed by atoms with E-state index in [1.807, 2.05) is 0 Å². The van der Waals surface area contributed by atoms with E-state index in [4.69, 9.17) is 9.47 Å². The van der Waals surface area contributed by atoms with Crippen LogP contribution in [0.2, 0.25) is 0 Å². The molecule has 0 atom stereocenters. The van der Waals surface area contributed by atoms with Gasteiger partial charge in [-0.25, -0.2) is 0 Å². The van der Waals surface area contributed by atoms with E-state index in [-0.39, 0.29) is 47.2 Å². The Bertz CT molecular complexity index is 3860. The van der Waals surface area contributed by atoms with Crippen LogP contribution >= 0.6 is 0 Å². The maximum Gasteiger partial charge on any atom is 0.296 e. The van der Waals surface area contributed by atoms with Gasteiger partial charge in [-0.05, 0) is 121 Å². The number of ketones is 2. The van der Waals surface area contributed by atoms with Crippen molar-refractivity contribution in [2.75, 3.05) is 34.7 Å². The topological polar surface area (TPSA) is 377 Å². The molecule has 402 valence electrons. The SMILES string of the molecule is CCOc1cc(-c2ccc(NN=C3C(=O)c4c(cc(S(=O)(=O)O)cc4NC(=O)c4ccccc4)C=C3S(=O)(=O)O)c(OCC)c2)ccc1NN=C1C(=O)c2c(cc(S(=O)(=O)O)cc2NC(=O)c2ccccc2)C=C1S(=O)(=O)O. The number of nitrogens with one attached hydrogen (secondary N) is 4. The van der Waals surface area contributed by atoms with Crippen molar-refractivity contribution in [1.29, 1.82) is 0 Å². The fraction of sp³-hybridized carbons (Fsp3) is 0.0800. The predicted molar refractivity (Wildman–Crippen MR) is 285 cm³/mol. The molecule has 2 amide bonds. The summed E-state index contributed by atoms with van der Waals surface area (Å²) in [6.45, 7) is 3.38. The van der Waals surface area contributed by atoms with E-state index in [2.05, 4.69) is 31.7 Å². The van der Waals surface area contributed by atoms with Crippen LogP contribution in [-0.2, 0) is 40.5 Å². The number of carbonyl (C=O) groups is 4. The Morgan fingerprint density at radius 1 is 0.474 bits per heavy atom. The first-order valence-corrected chi connectivity index (χ1v) is 28.3. The number of benzene rings is 6. The summed E-state index contributed by atoms with van der Waals surface area (Å²) in [6.07, 6.45) is 1.47. The maximum atomic E-state index is 14.2. The largest absolute Gasteiger partial charge is 0.492 e. The molecule has 0 saturated heterocycles. The van der Waals surface area contributed by atoms with Crippen molar-refractivity contribution in [2.24, 2.45) is 10.2 Å². The molecule has 0 saturated carbocycles. The van der Waals surface area contributed by atoms with Gasteiger partial charge in [0.25, 0.3) is 52.3 Å². The lowest BCUT2D eigenvalue weighted by Gasteiger charge is -2.21. The molecule has 6 aromatic rings. The molecule has 24 nitrogen and oxygen atoms in total. The molecule has 8 rings (SSSR count). The fourth-order valence-electron chi connectivity index (χ4n) is 7.93. The highest BCUT2D eigenvalue weighted by atomic mass is 32.2. The number of hydrogen-bond donors (Lipinski definition) is 8. The normalized spacial score (nSPS) is 14.6. The number of nitrogens with zero attached hydrogens (tertiary/aromatic N) is 2. The lowest BCUT2D eigenvalue weighted by Crippen LogP contribution is -2.29. The quantitative estimate of drug-likeness (QED) is 0.0339. The van der Waals surface area contributed by atoms with Crippen molar-refractivity contribution in [2.45, 2.75) is 23.6 Å².